The fourth-order valence-electron chi connectivity index (χ4n) is 3.35. The van der Waals surface area contributed by atoms with Crippen LogP contribution in [0.5, 0.6) is 0 Å². The molecular formula is C19H25FN4O2S. The molecule has 8 heteroatoms. The lowest BCUT2D eigenvalue weighted by molar-refractivity contribution is 0.384. The molecule has 1 aromatic carbocycles. The van der Waals surface area contributed by atoms with Gasteiger partial charge in [0, 0.05) is 43.9 Å². The van der Waals surface area contributed by atoms with Crippen LogP contribution in [0.1, 0.15) is 29.6 Å². The normalized spacial score (nSPS) is 15.9. The van der Waals surface area contributed by atoms with E-state index in [0.29, 0.717) is 38.4 Å². The van der Waals surface area contributed by atoms with Gasteiger partial charge < -0.3 is 4.90 Å². The third-order valence-corrected chi connectivity index (χ3v) is 6.78. The Morgan fingerprint density at radius 1 is 1.04 bits per heavy atom. The summed E-state index contributed by atoms with van der Waals surface area (Å²) in [4.78, 5) is 11.3. The Kier molecular flexibility index (Phi) is 5.76. The molecule has 0 amide bonds. The number of hydrogen-bond acceptors (Lipinski definition) is 5. The molecule has 0 spiro atoms. The Bertz CT molecular complexity index is 908. The van der Waals surface area contributed by atoms with E-state index in [9.17, 15) is 12.8 Å². The Morgan fingerprint density at radius 2 is 1.67 bits per heavy atom. The summed E-state index contributed by atoms with van der Waals surface area (Å²) in [5.41, 5.74) is 2.88. The quantitative estimate of drug-likeness (QED) is 0.781. The first-order valence-electron chi connectivity index (χ1n) is 9.11. The summed E-state index contributed by atoms with van der Waals surface area (Å²) in [5, 5.41) is 0. The minimum absolute atomic E-state index is 0.120. The second-order valence-corrected chi connectivity index (χ2v) is 9.01. The van der Waals surface area contributed by atoms with E-state index in [4.69, 9.17) is 0 Å². The summed E-state index contributed by atoms with van der Waals surface area (Å²) < 4.78 is 38.9. The van der Waals surface area contributed by atoms with Gasteiger partial charge in [0.05, 0.1) is 5.75 Å². The first-order chi connectivity index (χ1) is 12.8. The van der Waals surface area contributed by atoms with E-state index >= 15 is 0 Å². The highest BCUT2D eigenvalue weighted by molar-refractivity contribution is 7.89. The lowest BCUT2D eigenvalue weighted by Gasteiger charge is -2.35. The van der Waals surface area contributed by atoms with Crippen molar-refractivity contribution in [1.82, 2.24) is 14.3 Å². The van der Waals surface area contributed by atoms with Gasteiger partial charge in [-0.15, -0.1) is 0 Å². The summed E-state index contributed by atoms with van der Waals surface area (Å²) in [7, 11) is -3.17. The predicted octanol–water partition coefficient (Wildman–Crippen LogP) is 2.30. The van der Waals surface area contributed by atoms with Gasteiger partial charge in [0.25, 0.3) is 0 Å². The smallest absolute Gasteiger partial charge is 0.213 e. The van der Waals surface area contributed by atoms with Gasteiger partial charge in [0.2, 0.25) is 10.0 Å². The molecule has 0 unspecified atom stereocenters. The number of aromatic nitrogens is 2. The molecule has 1 aliphatic heterocycles. The van der Waals surface area contributed by atoms with Crippen LogP contribution < -0.4 is 4.90 Å². The molecule has 1 saturated heterocycles. The van der Waals surface area contributed by atoms with Crippen molar-refractivity contribution in [3.8, 4) is 0 Å². The average Bonchev–Trinajstić information content (AvgIpc) is 2.65. The van der Waals surface area contributed by atoms with Crippen LogP contribution in [-0.2, 0) is 16.4 Å². The fourth-order valence-corrected chi connectivity index (χ4v) is 4.44. The molecule has 1 fully saturated rings. The third-order valence-electron chi connectivity index (χ3n) is 4.89. The second-order valence-electron chi connectivity index (χ2n) is 6.75. The lowest BCUT2D eigenvalue weighted by atomic mass is 10.0. The van der Waals surface area contributed by atoms with Crippen LogP contribution in [0.2, 0.25) is 0 Å². The van der Waals surface area contributed by atoms with Gasteiger partial charge in [-0.05, 0) is 38.5 Å². The molecule has 2 heterocycles. The third kappa shape index (κ3) is 4.44. The minimum atomic E-state index is -3.17. The summed E-state index contributed by atoms with van der Waals surface area (Å²) >= 11 is 0. The molecule has 0 atom stereocenters. The van der Waals surface area contributed by atoms with Crippen LogP contribution in [0.25, 0.3) is 0 Å². The first-order valence-corrected chi connectivity index (χ1v) is 10.7. The number of piperazine rings is 1. The number of rotatable bonds is 5. The Morgan fingerprint density at radius 3 is 2.26 bits per heavy atom. The number of nitrogens with zero attached hydrogens (tertiary/aromatic N) is 4. The molecule has 3 rings (SSSR count). The highest BCUT2D eigenvalue weighted by Crippen LogP contribution is 2.25. The number of hydrogen-bond donors (Lipinski definition) is 0. The van der Waals surface area contributed by atoms with Gasteiger partial charge in [0.1, 0.15) is 17.5 Å². The van der Waals surface area contributed by atoms with E-state index in [-0.39, 0.29) is 11.6 Å². The van der Waals surface area contributed by atoms with E-state index in [1.54, 1.807) is 23.4 Å². The SMILES string of the molecule is CCS(=O)(=O)N1CCN(c2nc(C)nc(C)c2Cc2ccc(F)cc2)CC1. The molecule has 27 heavy (non-hydrogen) atoms. The minimum Gasteiger partial charge on any atom is -0.354 e. The monoisotopic (exact) mass is 392 g/mol. The van der Waals surface area contributed by atoms with Gasteiger partial charge in [-0.25, -0.2) is 22.8 Å². The van der Waals surface area contributed by atoms with Gasteiger partial charge in [-0.3, -0.25) is 0 Å². The largest absolute Gasteiger partial charge is 0.354 e. The zero-order valence-electron chi connectivity index (χ0n) is 15.9. The Labute approximate surface area is 160 Å². The number of halogens is 1. The molecule has 2 aromatic rings. The maximum Gasteiger partial charge on any atom is 0.213 e. The Balaban J connectivity index is 1.86. The van der Waals surface area contributed by atoms with Crippen molar-refractivity contribution >= 4 is 15.8 Å². The van der Waals surface area contributed by atoms with Gasteiger partial charge in [-0.2, -0.15) is 4.31 Å². The van der Waals surface area contributed by atoms with E-state index in [1.807, 2.05) is 13.8 Å². The van der Waals surface area contributed by atoms with Gasteiger partial charge >= 0.3 is 0 Å². The predicted molar refractivity (Wildman–Crippen MR) is 104 cm³/mol. The second kappa shape index (κ2) is 7.90. The molecule has 0 aliphatic carbocycles. The van der Waals surface area contributed by atoms with E-state index in [2.05, 4.69) is 14.9 Å². The molecular weight excluding hydrogens is 367 g/mol. The molecule has 1 aliphatic rings. The Hall–Kier alpha value is -2.06. The van der Waals surface area contributed by atoms with Crippen LogP contribution in [0.15, 0.2) is 24.3 Å². The van der Waals surface area contributed by atoms with Crippen molar-refractivity contribution in [2.75, 3.05) is 36.8 Å². The van der Waals surface area contributed by atoms with Crippen LogP contribution in [0.3, 0.4) is 0 Å². The van der Waals surface area contributed by atoms with E-state index in [1.165, 1.54) is 12.1 Å². The number of aryl methyl sites for hydroxylation is 2. The standard InChI is InChI=1S/C19H25FN4O2S/c1-4-27(25,26)24-11-9-23(10-12-24)19-18(14(2)21-15(3)22-19)13-16-5-7-17(20)8-6-16/h5-8H,4,9-13H2,1-3H3. The van der Waals surface area contributed by atoms with Crippen molar-refractivity contribution in [2.24, 2.45) is 0 Å². The van der Waals surface area contributed by atoms with Crippen LogP contribution >= 0.6 is 0 Å². The highest BCUT2D eigenvalue weighted by atomic mass is 32.2. The van der Waals surface area contributed by atoms with Gasteiger partial charge in [0.15, 0.2) is 0 Å². The average molecular weight is 393 g/mol. The maximum absolute atomic E-state index is 13.2. The fraction of sp³-hybridized carbons (Fsp3) is 0.474. The summed E-state index contributed by atoms with van der Waals surface area (Å²) in [6.07, 6.45) is 0.606. The molecule has 0 radical (unpaired) electrons. The van der Waals surface area contributed by atoms with E-state index in [0.717, 1.165) is 22.6 Å². The molecule has 0 N–H and O–H groups in total. The summed E-state index contributed by atoms with van der Waals surface area (Å²) in [6, 6.07) is 6.44. The summed E-state index contributed by atoms with van der Waals surface area (Å²) in [6.45, 7) is 7.56. The lowest BCUT2D eigenvalue weighted by Crippen LogP contribution is -2.49. The number of anilines is 1. The first kappa shape index (κ1) is 19.7. The molecule has 1 aromatic heterocycles. The van der Waals surface area contributed by atoms with Crippen molar-refractivity contribution in [3.05, 3.63) is 52.7 Å². The maximum atomic E-state index is 13.2. The van der Waals surface area contributed by atoms with Crippen LogP contribution in [0.4, 0.5) is 10.2 Å². The molecule has 0 bridgehead atoms. The van der Waals surface area contributed by atoms with E-state index < -0.39 is 10.0 Å². The number of benzene rings is 1. The zero-order chi connectivity index (χ0) is 19.6. The van der Waals surface area contributed by atoms with Crippen molar-refractivity contribution in [3.63, 3.8) is 0 Å². The van der Waals surface area contributed by atoms with Crippen molar-refractivity contribution in [2.45, 2.75) is 27.2 Å². The van der Waals surface area contributed by atoms with Crippen LogP contribution in [0, 0.1) is 19.7 Å². The molecule has 0 saturated carbocycles. The van der Waals surface area contributed by atoms with Gasteiger partial charge in [-0.1, -0.05) is 12.1 Å². The zero-order valence-corrected chi connectivity index (χ0v) is 16.8. The van der Waals surface area contributed by atoms with Crippen molar-refractivity contribution in [1.29, 1.82) is 0 Å². The topological polar surface area (TPSA) is 66.4 Å². The molecule has 6 nitrogen and oxygen atoms in total. The highest BCUT2D eigenvalue weighted by Gasteiger charge is 2.27. The van der Waals surface area contributed by atoms with Crippen LogP contribution in [-0.4, -0.2) is 54.6 Å². The number of sulfonamides is 1. The van der Waals surface area contributed by atoms with Crippen molar-refractivity contribution < 1.29 is 12.8 Å². The summed E-state index contributed by atoms with van der Waals surface area (Å²) in [5.74, 6) is 1.39. The molecule has 146 valence electrons.